The standard InChI is InChI=1S/C22H28N4O6/c1-4-9-32-17-8-7-13(19(28)26-22(11-23,12-27)21(30)31)10-15(17)18-24-16(6-3)14(5-2)20(29)25-18/h7-8,10,12H,4-6,9,11,23H2,1-3H3,(H,26,28)(H,30,31)(H,24,25,29). The number of carboxylic acids is 1. The number of nitrogens with one attached hydrogen (secondary N) is 2. The maximum atomic E-state index is 12.8. The van der Waals surface area contributed by atoms with E-state index < -0.39 is 24.0 Å². The smallest absolute Gasteiger partial charge is 0.338 e. The van der Waals surface area contributed by atoms with E-state index in [1.165, 1.54) is 18.2 Å². The third kappa shape index (κ3) is 5.02. The molecule has 0 aliphatic heterocycles. The maximum Gasteiger partial charge on any atom is 0.338 e. The molecule has 1 amide bonds. The predicted molar refractivity (Wildman–Crippen MR) is 118 cm³/mol. The molecule has 0 spiro atoms. The lowest BCUT2D eigenvalue weighted by Crippen LogP contribution is -2.60. The lowest BCUT2D eigenvalue weighted by Gasteiger charge is -2.23. The average Bonchev–Trinajstić information content (AvgIpc) is 2.80. The number of nitrogens with zero attached hydrogens (tertiary/aromatic N) is 1. The zero-order valence-corrected chi connectivity index (χ0v) is 18.4. The number of aliphatic carboxylic acids is 1. The van der Waals surface area contributed by atoms with Gasteiger partial charge in [-0.25, -0.2) is 9.78 Å². The molecule has 32 heavy (non-hydrogen) atoms. The molecule has 0 radical (unpaired) electrons. The molecular weight excluding hydrogens is 416 g/mol. The number of rotatable bonds is 11. The van der Waals surface area contributed by atoms with Gasteiger partial charge in [0.25, 0.3) is 11.5 Å². The first-order chi connectivity index (χ1) is 15.3. The summed E-state index contributed by atoms with van der Waals surface area (Å²) >= 11 is 0. The Labute approximate surface area is 185 Å². The van der Waals surface area contributed by atoms with E-state index in [9.17, 15) is 24.3 Å². The van der Waals surface area contributed by atoms with Crippen LogP contribution < -0.4 is 21.3 Å². The molecule has 1 atom stereocenters. The molecule has 5 N–H and O–H groups in total. The summed E-state index contributed by atoms with van der Waals surface area (Å²) in [5, 5.41) is 11.5. The summed E-state index contributed by atoms with van der Waals surface area (Å²) in [5.41, 5.74) is 4.52. The molecule has 1 aromatic heterocycles. The highest BCUT2D eigenvalue weighted by Gasteiger charge is 2.39. The summed E-state index contributed by atoms with van der Waals surface area (Å²) in [6, 6.07) is 4.39. The van der Waals surface area contributed by atoms with Crippen LogP contribution in [0.15, 0.2) is 23.0 Å². The van der Waals surface area contributed by atoms with Gasteiger partial charge in [0.15, 0.2) is 6.29 Å². The number of hydrogen-bond acceptors (Lipinski definition) is 7. The normalized spacial score (nSPS) is 12.6. The van der Waals surface area contributed by atoms with E-state index in [1.807, 2.05) is 20.8 Å². The van der Waals surface area contributed by atoms with Gasteiger partial charge in [-0.1, -0.05) is 20.8 Å². The van der Waals surface area contributed by atoms with Crippen LogP contribution in [0.3, 0.4) is 0 Å². The molecule has 0 aliphatic rings. The highest BCUT2D eigenvalue weighted by molar-refractivity contribution is 6.05. The van der Waals surface area contributed by atoms with Gasteiger partial charge in [-0.2, -0.15) is 0 Å². The van der Waals surface area contributed by atoms with Crippen LogP contribution in [-0.2, 0) is 22.4 Å². The van der Waals surface area contributed by atoms with E-state index in [0.29, 0.717) is 42.0 Å². The van der Waals surface area contributed by atoms with Gasteiger partial charge in [-0.05, 0) is 37.5 Å². The first kappa shape index (κ1) is 24.7. The molecule has 0 fully saturated rings. The third-order valence-electron chi connectivity index (χ3n) is 4.99. The van der Waals surface area contributed by atoms with Gasteiger partial charge >= 0.3 is 5.97 Å². The number of H-pyrrole nitrogens is 1. The predicted octanol–water partition coefficient (Wildman–Crippen LogP) is 1.06. The van der Waals surface area contributed by atoms with Gasteiger partial charge in [0.1, 0.15) is 11.6 Å². The first-order valence-corrected chi connectivity index (χ1v) is 10.4. The Morgan fingerprint density at radius 3 is 2.53 bits per heavy atom. The molecule has 0 bridgehead atoms. The summed E-state index contributed by atoms with van der Waals surface area (Å²) in [7, 11) is 0. The van der Waals surface area contributed by atoms with Crippen LogP contribution in [0.25, 0.3) is 11.4 Å². The average molecular weight is 444 g/mol. The van der Waals surface area contributed by atoms with E-state index in [-0.39, 0.29) is 23.2 Å². The number of aryl methyl sites for hydroxylation is 1. The lowest BCUT2D eigenvalue weighted by molar-refractivity contribution is -0.146. The summed E-state index contributed by atoms with van der Waals surface area (Å²) in [6.45, 7) is 5.47. The second kappa shape index (κ2) is 10.7. The van der Waals surface area contributed by atoms with Crippen LogP contribution in [0.2, 0.25) is 0 Å². The van der Waals surface area contributed by atoms with Crippen molar-refractivity contribution in [3.8, 4) is 17.1 Å². The lowest BCUT2D eigenvalue weighted by atomic mass is 10.0. The van der Waals surface area contributed by atoms with Crippen molar-refractivity contribution >= 4 is 18.2 Å². The minimum Gasteiger partial charge on any atom is -0.493 e. The molecule has 0 saturated carbocycles. The number of benzene rings is 1. The number of aldehydes is 1. The Morgan fingerprint density at radius 1 is 1.28 bits per heavy atom. The Morgan fingerprint density at radius 2 is 2.00 bits per heavy atom. The van der Waals surface area contributed by atoms with Crippen LogP contribution in [0.4, 0.5) is 0 Å². The van der Waals surface area contributed by atoms with Crippen LogP contribution in [0.5, 0.6) is 5.75 Å². The van der Waals surface area contributed by atoms with Gasteiger partial charge in [0, 0.05) is 17.7 Å². The molecule has 2 aromatic rings. The van der Waals surface area contributed by atoms with Crippen LogP contribution >= 0.6 is 0 Å². The van der Waals surface area contributed by atoms with Crippen molar-refractivity contribution in [1.82, 2.24) is 15.3 Å². The number of aromatic amines is 1. The highest BCUT2D eigenvalue weighted by Crippen LogP contribution is 2.29. The Hall–Kier alpha value is -3.53. The summed E-state index contributed by atoms with van der Waals surface area (Å²) in [5.74, 6) is -1.77. The second-order valence-electron chi connectivity index (χ2n) is 7.16. The van der Waals surface area contributed by atoms with Crippen molar-refractivity contribution < 1.29 is 24.2 Å². The van der Waals surface area contributed by atoms with Crippen molar-refractivity contribution in [3.63, 3.8) is 0 Å². The first-order valence-electron chi connectivity index (χ1n) is 10.4. The van der Waals surface area contributed by atoms with Crippen molar-refractivity contribution in [2.24, 2.45) is 5.73 Å². The third-order valence-corrected chi connectivity index (χ3v) is 4.99. The molecule has 1 unspecified atom stereocenters. The quantitative estimate of drug-likeness (QED) is 0.295. The minimum atomic E-state index is -2.25. The number of amides is 1. The zero-order valence-electron chi connectivity index (χ0n) is 18.4. The zero-order chi connectivity index (χ0) is 23.9. The Balaban J connectivity index is 2.60. The fraction of sp³-hybridized carbons (Fsp3) is 0.409. The van der Waals surface area contributed by atoms with Gasteiger partial charge in [0.05, 0.1) is 17.9 Å². The molecule has 172 valence electrons. The molecule has 1 aromatic carbocycles. The maximum absolute atomic E-state index is 12.8. The van der Waals surface area contributed by atoms with E-state index in [2.05, 4.69) is 15.3 Å². The number of carbonyl (C=O) groups is 3. The van der Waals surface area contributed by atoms with Gasteiger partial charge in [-0.15, -0.1) is 0 Å². The molecule has 0 aliphatic carbocycles. The van der Waals surface area contributed by atoms with Crippen molar-refractivity contribution in [2.75, 3.05) is 13.2 Å². The van der Waals surface area contributed by atoms with Crippen LogP contribution in [-0.4, -0.2) is 51.9 Å². The largest absolute Gasteiger partial charge is 0.493 e. The minimum absolute atomic E-state index is 0.0463. The number of hydrogen-bond donors (Lipinski definition) is 4. The summed E-state index contributed by atoms with van der Waals surface area (Å²) < 4.78 is 5.76. The SMILES string of the molecule is CCCOc1ccc(C(=O)NC(C=O)(CN)C(=O)O)cc1-c1nc(CC)c(CC)c(=O)[nH]1. The van der Waals surface area contributed by atoms with Gasteiger partial charge in [-0.3, -0.25) is 9.59 Å². The second-order valence-corrected chi connectivity index (χ2v) is 7.16. The Kier molecular flexibility index (Phi) is 8.25. The molecule has 10 heteroatoms. The molecule has 2 rings (SSSR count). The van der Waals surface area contributed by atoms with Crippen molar-refractivity contribution in [2.45, 2.75) is 45.6 Å². The van der Waals surface area contributed by atoms with Crippen molar-refractivity contribution in [3.05, 3.63) is 45.4 Å². The van der Waals surface area contributed by atoms with Crippen LogP contribution in [0.1, 0.15) is 48.8 Å². The summed E-state index contributed by atoms with van der Waals surface area (Å²) in [4.78, 5) is 55.5. The van der Waals surface area contributed by atoms with Gasteiger partial charge in [0.2, 0.25) is 5.54 Å². The van der Waals surface area contributed by atoms with Crippen LogP contribution in [0, 0.1) is 0 Å². The molecule has 10 nitrogen and oxygen atoms in total. The van der Waals surface area contributed by atoms with E-state index >= 15 is 0 Å². The molecule has 0 saturated heterocycles. The van der Waals surface area contributed by atoms with E-state index in [1.54, 1.807) is 0 Å². The van der Waals surface area contributed by atoms with Gasteiger partial charge < -0.3 is 30.7 Å². The van der Waals surface area contributed by atoms with Crippen molar-refractivity contribution in [1.29, 1.82) is 0 Å². The number of carbonyl (C=O) groups excluding carboxylic acids is 2. The fourth-order valence-corrected chi connectivity index (χ4v) is 3.12. The Bertz CT molecular complexity index is 1060. The number of carboxylic acid groups (broad SMARTS) is 1. The topological polar surface area (TPSA) is 164 Å². The highest BCUT2D eigenvalue weighted by atomic mass is 16.5. The number of ether oxygens (including phenoxy) is 1. The molecular formula is C22H28N4O6. The summed E-state index contributed by atoms with van der Waals surface area (Å²) in [6.07, 6.45) is 1.89. The number of aromatic nitrogens is 2. The van der Waals surface area contributed by atoms with E-state index in [4.69, 9.17) is 10.5 Å². The van der Waals surface area contributed by atoms with E-state index in [0.717, 1.165) is 6.42 Å². The monoisotopic (exact) mass is 444 g/mol. The fourth-order valence-electron chi connectivity index (χ4n) is 3.12. The number of nitrogens with two attached hydrogens (primary N) is 1. The molecule has 1 heterocycles.